The van der Waals surface area contributed by atoms with E-state index in [0.29, 0.717) is 0 Å². The third-order valence-electron chi connectivity index (χ3n) is 3.13. The first-order chi connectivity index (χ1) is 7.56. The normalized spacial score (nSPS) is 17.6. The molecule has 0 heterocycles. The second-order valence-electron chi connectivity index (χ2n) is 4.77. The van der Waals surface area contributed by atoms with Crippen LogP contribution >= 0.6 is 0 Å². The van der Waals surface area contributed by atoms with Gasteiger partial charge in [0.2, 0.25) is 5.91 Å². The minimum atomic E-state index is -0.0760. The number of rotatable bonds is 7. The van der Waals surface area contributed by atoms with Gasteiger partial charge in [0.1, 0.15) is 0 Å². The second kappa shape index (κ2) is 6.21. The number of likely N-dealkylation sites (N-methyl/N-ethyl adjacent to an activating group) is 2. The van der Waals surface area contributed by atoms with Crippen molar-refractivity contribution in [2.45, 2.75) is 38.8 Å². The molecule has 1 rings (SSSR count). The molecule has 0 aromatic heterocycles. The van der Waals surface area contributed by atoms with E-state index in [1.165, 1.54) is 12.8 Å². The molecule has 1 aliphatic rings. The van der Waals surface area contributed by atoms with Gasteiger partial charge in [0.05, 0.1) is 6.04 Å². The Labute approximate surface area is 99.0 Å². The molecule has 0 aliphatic heterocycles. The molecule has 16 heavy (non-hydrogen) atoms. The molecule has 0 aromatic carbocycles. The highest BCUT2D eigenvalue weighted by molar-refractivity contribution is 5.80. The van der Waals surface area contributed by atoms with Crippen LogP contribution in [0.1, 0.15) is 26.7 Å². The number of nitrogens with zero attached hydrogens (tertiary/aromatic N) is 2. The summed E-state index contributed by atoms with van der Waals surface area (Å²) in [5.41, 5.74) is 0. The summed E-state index contributed by atoms with van der Waals surface area (Å²) in [4.78, 5) is 15.7. The number of amides is 1. The maximum absolute atomic E-state index is 11.6. The maximum atomic E-state index is 11.6. The van der Waals surface area contributed by atoms with Gasteiger partial charge < -0.3 is 10.2 Å². The minimum Gasteiger partial charge on any atom is -0.347 e. The molecule has 1 N–H and O–H groups in total. The molecular formula is C12H25N3O. The highest BCUT2D eigenvalue weighted by atomic mass is 16.2. The molecular weight excluding hydrogens is 202 g/mol. The van der Waals surface area contributed by atoms with E-state index < -0.39 is 0 Å². The SMILES string of the molecule is CCN(CCNC(C)C(=O)N(C)C)C1CC1. The van der Waals surface area contributed by atoms with Crippen molar-refractivity contribution in [1.29, 1.82) is 0 Å². The third kappa shape index (κ3) is 4.10. The van der Waals surface area contributed by atoms with Crippen LogP contribution in [0.4, 0.5) is 0 Å². The Balaban J connectivity index is 2.16. The standard InChI is InChI=1S/C12H25N3O/c1-5-15(11-6-7-11)9-8-13-10(2)12(16)14(3)4/h10-11,13H,5-9H2,1-4H3. The average Bonchev–Trinajstić information content (AvgIpc) is 3.06. The predicted molar refractivity (Wildman–Crippen MR) is 66.4 cm³/mol. The summed E-state index contributed by atoms with van der Waals surface area (Å²) < 4.78 is 0. The molecule has 4 heteroatoms. The number of hydrogen-bond acceptors (Lipinski definition) is 3. The van der Waals surface area contributed by atoms with E-state index in [1.54, 1.807) is 19.0 Å². The van der Waals surface area contributed by atoms with Crippen molar-refractivity contribution in [2.75, 3.05) is 33.7 Å². The van der Waals surface area contributed by atoms with Crippen LogP contribution in [0.25, 0.3) is 0 Å². The topological polar surface area (TPSA) is 35.6 Å². The lowest BCUT2D eigenvalue weighted by molar-refractivity contribution is -0.130. The van der Waals surface area contributed by atoms with Gasteiger partial charge in [-0.15, -0.1) is 0 Å². The fourth-order valence-corrected chi connectivity index (χ4v) is 1.94. The maximum Gasteiger partial charge on any atom is 0.238 e. The largest absolute Gasteiger partial charge is 0.347 e. The fraction of sp³-hybridized carbons (Fsp3) is 0.917. The van der Waals surface area contributed by atoms with E-state index in [4.69, 9.17) is 0 Å². The van der Waals surface area contributed by atoms with Crippen molar-refractivity contribution >= 4 is 5.91 Å². The predicted octanol–water partition coefficient (Wildman–Crippen LogP) is 0.537. The molecule has 1 aliphatic carbocycles. The monoisotopic (exact) mass is 227 g/mol. The van der Waals surface area contributed by atoms with Crippen LogP contribution in [0, 0.1) is 0 Å². The van der Waals surface area contributed by atoms with Gasteiger partial charge in [0.15, 0.2) is 0 Å². The molecule has 1 unspecified atom stereocenters. The quantitative estimate of drug-likeness (QED) is 0.689. The van der Waals surface area contributed by atoms with Gasteiger partial charge in [-0.25, -0.2) is 0 Å². The number of carbonyl (C=O) groups excluding carboxylic acids is 1. The summed E-state index contributed by atoms with van der Waals surface area (Å²) in [6, 6.07) is 0.736. The Morgan fingerprint density at radius 1 is 1.44 bits per heavy atom. The first-order valence-corrected chi connectivity index (χ1v) is 6.24. The molecule has 1 amide bonds. The highest BCUT2D eigenvalue weighted by Gasteiger charge is 2.27. The van der Waals surface area contributed by atoms with Crippen molar-refractivity contribution < 1.29 is 4.79 Å². The van der Waals surface area contributed by atoms with Gasteiger partial charge in [-0.05, 0) is 26.3 Å². The van der Waals surface area contributed by atoms with Crippen molar-refractivity contribution in [3.63, 3.8) is 0 Å². The van der Waals surface area contributed by atoms with Crippen LogP contribution in [0.15, 0.2) is 0 Å². The van der Waals surface area contributed by atoms with Gasteiger partial charge in [0, 0.05) is 33.2 Å². The summed E-state index contributed by atoms with van der Waals surface area (Å²) in [7, 11) is 3.59. The van der Waals surface area contributed by atoms with Crippen LogP contribution in [0.2, 0.25) is 0 Å². The Morgan fingerprint density at radius 3 is 2.50 bits per heavy atom. The van der Waals surface area contributed by atoms with Gasteiger partial charge in [-0.2, -0.15) is 0 Å². The number of hydrogen-bond donors (Lipinski definition) is 1. The Morgan fingerprint density at radius 2 is 2.06 bits per heavy atom. The molecule has 0 aromatic rings. The van der Waals surface area contributed by atoms with Crippen LogP contribution in [0.3, 0.4) is 0 Å². The van der Waals surface area contributed by atoms with Crippen LogP contribution < -0.4 is 5.32 Å². The average molecular weight is 227 g/mol. The van der Waals surface area contributed by atoms with Crippen LogP contribution in [-0.2, 0) is 4.79 Å². The van der Waals surface area contributed by atoms with Gasteiger partial charge in [0.25, 0.3) is 0 Å². The summed E-state index contributed by atoms with van der Waals surface area (Å²) in [6.45, 7) is 7.18. The summed E-state index contributed by atoms with van der Waals surface area (Å²) in [6.07, 6.45) is 2.69. The summed E-state index contributed by atoms with van der Waals surface area (Å²) in [5.74, 6) is 0.148. The van der Waals surface area contributed by atoms with E-state index in [1.807, 2.05) is 6.92 Å². The molecule has 1 atom stereocenters. The number of carbonyl (C=O) groups is 1. The lowest BCUT2D eigenvalue weighted by Gasteiger charge is -2.22. The zero-order valence-electron chi connectivity index (χ0n) is 11.0. The van der Waals surface area contributed by atoms with Gasteiger partial charge in [-0.3, -0.25) is 9.69 Å². The molecule has 0 spiro atoms. The molecule has 0 bridgehead atoms. The second-order valence-corrected chi connectivity index (χ2v) is 4.77. The van der Waals surface area contributed by atoms with E-state index >= 15 is 0 Å². The first-order valence-electron chi connectivity index (χ1n) is 6.24. The van der Waals surface area contributed by atoms with E-state index in [-0.39, 0.29) is 11.9 Å². The van der Waals surface area contributed by atoms with Crippen molar-refractivity contribution in [3.05, 3.63) is 0 Å². The van der Waals surface area contributed by atoms with Crippen LogP contribution in [0.5, 0.6) is 0 Å². The molecule has 1 saturated carbocycles. The van der Waals surface area contributed by atoms with Gasteiger partial charge >= 0.3 is 0 Å². The smallest absolute Gasteiger partial charge is 0.238 e. The van der Waals surface area contributed by atoms with Crippen molar-refractivity contribution in [3.8, 4) is 0 Å². The summed E-state index contributed by atoms with van der Waals surface area (Å²) in [5, 5.41) is 3.28. The fourth-order valence-electron chi connectivity index (χ4n) is 1.94. The lowest BCUT2D eigenvalue weighted by Crippen LogP contribution is -2.44. The molecule has 4 nitrogen and oxygen atoms in total. The molecule has 94 valence electrons. The Bertz CT molecular complexity index is 226. The number of nitrogens with one attached hydrogen (secondary N) is 1. The van der Waals surface area contributed by atoms with E-state index in [9.17, 15) is 4.79 Å². The summed E-state index contributed by atoms with van der Waals surface area (Å²) >= 11 is 0. The van der Waals surface area contributed by atoms with Crippen LogP contribution in [-0.4, -0.2) is 61.5 Å². The third-order valence-corrected chi connectivity index (χ3v) is 3.13. The minimum absolute atomic E-state index is 0.0760. The Kier molecular flexibility index (Phi) is 5.22. The van der Waals surface area contributed by atoms with E-state index in [2.05, 4.69) is 17.1 Å². The van der Waals surface area contributed by atoms with Crippen molar-refractivity contribution in [1.82, 2.24) is 15.1 Å². The van der Waals surface area contributed by atoms with Crippen molar-refractivity contribution in [2.24, 2.45) is 0 Å². The molecule has 0 saturated heterocycles. The zero-order valence-corrected chi connectivity index (χ0v) is 11.0. The highest BCUT2D eigenvalue weighted by Crippen LogP contribution is 2.25. The zero-order chi connectivity index (χ0) is 12.1. The van der Waals surface area contributed by atoms with Gasteiger partial charge in [-0.1, -0.05) is 6.92 Å². The molecule has 0 radical (unpaired) electrons. The van der Waals surface area contributed by atoms with E-state index in [0.717, 1.165) is 25.7 Å². The Hall–Kier alpha value is -0.610. The molecule has 1 fully saturated rings. The lowest BCUT2D eigenvalue weighted by atomic mass is 10.3. The first kappa shape index (κ1) is 13.5.